The van der Waals surface area contributed by atoms with Crippen LogP contribution in [-0.2, 0) is 4.74 Å². The highest BCUT2D eigenvalue weighted by Gasteiger charge is 2.18. The van der Waals surface area contributed by atoms with Crippen LogP contribution in [0, 0.1) is 5.92 Å². The average molecular weight is 128 g/mol. The molecule has 2 heteroatoms. The molecule has 0 bridgehead atoms. The summed E-state index contributed by atoms with van der Waals surface area (Å²) in [5.41, 5.74) is 1.05. The molecule has 0 saturated carbocycles. The molecule has 1 aliphatic rings. The predicted octanol–water partition coefficient (Wildman–Crippen LogP) is 0.919. The molecule has 0 aromatic carbocycles. The molecule has 0 aliphatic carbocycles. The van der Waals surface area contributed by atoms with Gasteiger partial charge in [-0.1, -0.05) is 6.92 Å². The maximum absolute atomic E-state index is 8.77. The number of hydrogen-bond acceptors (Lipinski definition) is 2. The molecule has 0 amide bonds. The molecule has 1 unspecified atom stereocenters. The minimum Gasteiger partial charge on any atom is -0.498 e. The van der Waals surface area contributed by atoms with Crippen molar-refractivity contribution in [2.24, 2.45) is 5.92 Å². The predicted molar refractivity (Wildman–Crippen MR) is 34.9 cm³/mol. The van der Waals surface area contributed by atoms with E-state index >= 15 is 0 Å². The largest absolute Gasteiger partial charge is 0.498 e. The summed E-state index contributed by atoms with van der Waals surface area (Å²) in [5, 5.41) is 8.77. The van der Waals surface area contributed by atoms with Crippen LogP contribution in [-0.4, -0.2) is 18.3 Å². The zero-order chi connectivity index (χ0) is 6.85. The van der Waals surface area contributed by atoms with Crippen molar-refractivity contribution >= 4 is 0 Å². The fourth-order valence-corrected chi connectivity index (χ4v) is 1.06. The Bertz CT molecular complexity index is 138. The van der Waals surface area contributed by atoms with Gasteiger partial charge in [0, 0.05) is 5.92 Å². The standard InChI is InChI=1S/C7H12O2/c1-5-4-9-6(2)7(5)3-8/h5,8H,3-4H2,1-2H3. The van der Waals surface area contributed by atoms with E-state index in [4.69, 9.17) is 9.84 Å². The third-order valence-electron chi connectivity index (χ3n) is 1.77. The van der Waals surface area contributed by atoms with Crippen molar-refractivity contribution in [3.05, 3.63) is 11.3 Å². The average Bonchev–Trinajstić information content (AvgIpc) is 2.12. The van der Waals surface area contributed by atoms with Crippen LogP contribution in [0.1, 0.15) is 13.8 Å². The lowest BCUT2D eigenvalue weighted by molar-refractivity contribution is 0.224. The van der Waals surface area contributed by atoms with E-state index in [1.54, 1.807) is 0 Å². The Hall–Kier alpha value is -0.500. The van der Waals surface area contributed by atoms with Crippen molar-refractivity contribution < 1.29 is 9.84 Å². The van der Waals surface area contributed by atoms with E-state index in [-0.39, 0.29) is 6.61 Å². The second-order valence-electron chi connectivity index (χ2n) is 2.45. The SMILES string of the molecule is CC1=C(CO)C(C)CO1. The lowest BCUT2D eigenvalue weighted by Crippen LogP contribution is -2.01. The Morgan fingerprint density at radius 1 is 1.78 bits per heavy atom. The molecule has 0 radical (unpaired) electrons. The first kappa shape index (κ1) is 6.62. The minimum atomic E-state index is 0.146. The van der Waals surface area contributed by atoms with Crippen molar-refractivity contribution in [1.29, 1.82) is 0 Å². The van der Waals surface area contributed by atoms with Gasteiger partial charge >= 0.3 is 0 Å². The number of hydrogen-bond donors (Lipinski definition) is 1. The summed E-state index contributed by atoms with van der Waals surface area (Å²) in [4.78, 5) is 0. The molecular formula is C7H12O2. The molecule has 0 aromatic heterocycles. The monoisotopic (exact) mass is 128 g/mol. The van der Waals surface area contributed by atoms with E-state index in [0.717, 1.165) is 17.9 Å². The number of aliphatic hydroxyl groups is 1. The van der Waals surface area contributed by atoms with Crippen molar-refractivity contribution in [2.45, 2.75) is 13.8 Å². The second-order valence-corrected chi connectivity index (χ2v) is 2.45. The first-order valence-electron chi connectivity index (χ1n) is 3.19. The lowest BCUT2D eigenvalue weighted by Gasteiger charge is -1.99. The van der Waals surface area contributed by atoms with Crippen molar-refractivity contribution in [3.63, 3.8) is 0 Å². The van der Waals surface area contributed by atoms with Gasteiger partial charge in [0.25, 0.3) is 0 Å². The molecule has 1 aliphatic heterocycles. The highest BCUT2D eigenvalue weighted by molar-refractivity contribution is 5.14. The van der Waals surface area contributed by atoms with E-state index in [0.29, 0.717) is 5.92 Å². The molecular weight excluding hydrogens is 116 g/mol. The first-order valence-corrected chi connectivity index (χ1v) is 3.19. The Kier molecular flexibility index (Phi) is 1.76. The van der Waals surface area contributed by atoms with Gasteiger partial charge in [0.15, 0.2) is 0 Å². The summed E-state index contributed by atoms with van der Waals surface area (Å²) in [6.07, 6.45) is 0. The van der Waals surface area contributed by atoms with Gasteiger partial charge in [-0.05, 0) is 12.5 Å². The highest BCUT2D eigenvalue weighted by atomic mass is 16.5. The number of allylic oxidation sites excluding steroid dienone is 1. The zero-order valence-corrected chi connectivity index (χ0v) is 5.85. The molecule has 0 aromatic rings. The molecule has 1 rings (SSSR count). The molecule has 0 spiro atoms. The van der Waals surface area contributed by atoms with Gasteiger partial charge in [-0.2, -0.15) is 0 Å². The molecule has 2 nitrogen and oxygen atoms in total. The summed E-state index contributed by atoms with van der Waals surface area (Å²) < 4.78 is 5.19. The second kappa shape index (κ2) is 2.40. The minimum absolute atomic E-state index is 0.146. The van der Waals surface area contributed by atoms with Crippen LogP contribution >= 0.6 is 0 Å². The summed E-state index contributed by atoms with van der Waals surface area (Å²) in [5.74, 6) is 1.32. The lowest BCUT2D eigenvalue weighted by atomic mass is 10.0. The first-order chi connectivity index (χ1) is 4.25. The van der Waals surface area contributed by atoms with Crippen LogP contribution < -0.4 is 0 Å². The van der Waals surface area contributed by atoms with Gasteiger partial charge in [-0.15, -0.1) is 0 Å². The Morgan fingerprint density at radius 3 is 2.67 bits per heavy atom. The third kappa shape index (κ3) is 1.08. The number of aliphatic hydroxyl groups excluding tert-OH is 1. The summed E-state index contributed by atoms with van der Waals surface area (Å²) in [6, 6.07) is 0. The molecule has 52 valence electrons. The smallest absolute Gasteiger partial charge is 0.0948 e. The molecule has 0 saturated heterocycles. The maximum atomic E-state index is 8.77. The van der Waals surface area contributed by atoms with Crippen molar-refractivity contribution in [3.8, 4) is 0 Å². The molecule has 0 fully saturated rings. The molecule has 1 heterocycles. The Balaban J connectivity index is 2.69. The van der Waals surface area contributed by atoms with Gasteiger partial charge in [-0.25, -0.2) is 0 Å². The maximum Gasteiger partial charge on any atom is 0.0948 e. The highest BCUT2D eigenvalue weighted by Crippen LogP contribution is 2.23. The van der Waals surface area contributed by atoms with E-state index < -0.39 is 0 Å². The van der Waals surface area contributed by atoms with E-state index in [2.05, 4.69) is 6.92 Å². The Morgan fingerprint density at radius 2 is 2.44 bits per heavy atom. The fraction of sp³-hybridized carbons (Fsp3) is 0.714. The molecule has 1 N–H and O–H groups in total. The fourth-order valence-electron chi connectivity index (χ4n) is 1.06. The van der Waals surface area contributed by atoms with Gasteiger partial charge in [0.1, 0.15) is 0 Å². The van der Waals surface area contributed by atoms with Crippen molar-refractivity contribution in [2.75, 3.05) is 13.2 Å². The van der Waals surface area contributed by atoms with Gasteiger partial charge in [-0.3, -0.25) is 0 Å². The van der Waals surface area contributed by atoms with Crippen LogP contribution in [0.3, 0.4) is 0 Å². The normalized spacial score (nSPS) is 26.8. The molecule has 9 heavy (non-hydrogen) atoms. The van der Waals surface area contributed by atoms with E-state index in [1.807, 2.05) is 6.92 Å². The number of ether oxygens (including phenoxy) is 1. The van der Waals surface area contributed by atoms with Gasteiger partial charge in [0.05, 0.1) is 19.0 Å². The van der Waals surface area contributed by atoms with Crippen LogP contribution in [0.2, 0.25) is 0 Å². The quantitative estimate of drug-likeness (QED) is 0.569. The summed E-state index contributed by atoms with van der Waals surface area (Å²) in [6.45, 7) is 4.84. The third-order valence-corrected chi connectivity index (χ3v) is 1.77. The van der Waals surface area contributed by atoms with Crippen molar-refractivity contribution in [1.82, 2.24) is 0 Å². The van der Waals surface area contributed by atoms with Crippen LogP contribution in [0.15, 0.2) is 11.3 Å². The zero-order valence-electron chi connectivity index (χ0n) is 5.85. The van der Waals surface area contributed by atoms with E-state index in [1.165, 1.54) is 0 Å². The topological polar surface area (TPSA) is 29.5 Å². The molecule has 1 atom stereocenters. The summed E-state index contributed by atoms with van der Waals surface area (Å²) in [7, 11) is 0. The van der Waals surface area contributed by atoms with E-state index in [9.17, 15) is 0 Å². The Labute approximate surface area is 55.1 Å². The number of rotatable bonds is 1. The summed E-state index contributed by atoms with van der Waals surface area (Å²) >= 11 is 0. The van der Waals surface area contributed by atoms with Crippen LogP contribution in [0.5, 0.6) is 0 Å². The van der Waals surface area contributed by atoms with Crippen LogP contribution in [0.25, 0.3) is 0 Å². The van der Waals surface area contributed by atoms with Gasteiger partial charge in [0.2, 0.25) is 0 Å². The van der Waals surface area contributed by atoms with Gasteiger partial charge < -0.3 is 9.84 Å². The van der Waals surface area contributed by atoms with Crippen LogP contribution in [0.4, 0.5) is 0 Å².